The van der Waals surface area contributed by atoms with Gasteiger partial charge in [-0.15, -0.1) is 0 Å². The summed E-state index contributed by atoms with van der Waals surface area (Å²) in [6.45, 7) is 4.37. The molecule has 1 fully saturated rings. The fraction of sp³-hybridized carbons (Fsp3) is 0.368. The van der Waals surface area contributed by atoms with Crippen molar-refractivity contribution >= 4 is 28.7 Å². The van der Waals surface area contributed by atoms with Crippen LogP contribution in [-0.4, -0.2) is 41.2 Å². The number of aromatic nitrogens is 1. The second kappa shape index (κ2) is 6.15. The number of likely N-dealkylation sites (tertiary alicyclic amines) is 1. The largest absolute Gasteiger partial charge is 0.331 e. The molecule has 0 amide bonds. The van der Waals surface area contributed by atoms with E-state index in [0.29, 0.717) is 12.0 Å². The molecule has 0 unspecified atom stereocenters. The van der Waals surface area contributed by atoms with Crippen molar-refractivity contribution in [3.8, 4) is 0 Å². The first-order chi connectivity index (χ1) is 11.6. The van der Waals surface area contributed by atoms with Gasteiger partial charge in [-0.1, -0.05) is 17.7 Å². The van der Waals surface area contributed by atoms with Crippen molar-refractivity contribution in [2.24, 2.45) is 0 Å². The van der Waals surface area contributed by atoms with Gasteiger partial charge >= 0.3 is 0 Å². The average molecular weight is 338 g/mol. The van der Waals surface area contributed by atoms with Crippen LogP contribution in [0.25, 0.3) is 0 Å². The van der Waals surface area contributed by atoms with Crippen LogP contribution in [0.2, 0.25) is 0 Å². The molecule has 2 atom stereocenters. The molecular formula is C19H22N4S. The highest BCUT2D eigenvalue weighted by atomic mass is 32.1. The summed E-state index contributed by atoms with van der Waals surface area (Å²) in [4.78, 5) is 8.92. The number of anilines is 2. The summed E-state index contributed by atoms with van der Waals surface area (Å²) in [5.74, 6) is 0.521. The molecule has 1 N–H and O–H groups in total. The topological polar surface area (TPSA) is 31.4 Å². The van der Waals surface area contributed by atoms with E-state index in [4.69, 9.17) is 12.2 Å². The van der Waals surface area contributed by atoms with E-state index in [-0.39, 0.29) is 0 Å². The molecule has 3 heterocycles. The van der Waals surface area contributed by atoms with Crippen LogP contribution in [-0.2, 0) is 0 Å². The Kier molecular flexibility index (Phi) is 3.98. The van der Waals surface area contributed by atoms with Gasteiger partial charge in [0.1, 0.15) is 0 Å². The Balaban J connectivity index is 1.68. The average Bonchev–Trinajstić information content (AvgIpc) is 2.89. The van der Waals surface area contributed by atoms with Gasteiger partial charge in [0.25, 0.3) is 0 Å². The van der Waals surface area contributed by atoms with Crippen LogP contribution >= 0.6 is 12.2 Å². The van der Waals surface area contributed by atoms with Gasteiger partial charge in [-0.25, -0.2) is 0 Å². The first-order valence-corrected chi connectivity index (χ1v) is 8.83. The first kappa shape index (κ1) is 15.5. The molecule has 0 saturated carbocycles. The number of likely N-dealkylation sites (N-methyl/N-ethyl adjacent to an activating group) is 1. The molecule has 0 aliphatic carbocycles. The Hall–Kier alpha value is -1.98. The van der Waals surface area contributed by atoms with Gasteiger partial charge < -0.3 is 15.1 Å². The van der Waals surface area contributed by atoms with Crippen molar-refractivity contribution in [1.82, 2.24) is 9.88 Å². The minimum atomic E-state index is 0.440. The van der Waals surface area contributed by atoms with Crippen molar-refractivity contribution in [2.45, 2.75) is 25.3 Å². The zero-order chi connectivity index (χ0) is 16.7. The van der Waals surface area contributed by atoms with E-state index < -0.39 is 0 Å². The van der Waals surface area contributed by atoms with Gasteiger partial charge in [0.2, 0.25) is 0 Å². The molecule has 2 aromatic rings. The van der Waals surface area contributed by atoms with E-state index in [2.05, 4.69) is 52.3 Å². The molecule has 4 nitrogen and oxygen atoms in total. The Labute approximate surface area is 148 Å². The van der Waals surface area contributed by atoms with Crippen LogP contribution in [0.5, 0.6) is 0 Å². The maximum atomic E-state index is 5.78. The Morgan fingerprint density at radius 3 is 3.00 bits per heavy atom. The van der Waals surface area contributed by atoms with Crippen molar-refractivity contribution < 1.29 is 0 Å². The SMILES string of the molecule is Cc1ccc2c(c1)[C@H]1CN(C)CC[C@@H]1N2C(=S)Nc1cccnc1. The fourth-order valence-electron chi connectivity index (χ4n) is 3.97. The highest BCUT2D eigenvalue weighted by Crippen LogP contribution is 2.45. The van der Waals surface area contributed by atoms with Gasteiger partial charge in [-0.3, -0.25) is 4.98 Å². The van der Waals surface area contributed by atoms with Gasteiger partial charge in [-0.2, -0.15) is 0 Å². The molecule has 2 aliphatic heterocycles. The van der Waals surface area contributed by atoms with E-state index >= 15 is 0 Å². The van der Waals surface area contributed by atoms with Crippen molar-refractivity contribution in [1.29, 1.82) is 0 Å². The number of pyridine rings is 1. The standard InChI is InChI=1S/C19H22N4S/c1-13-5-6-17-15(10-13)16-12-22(2)9-7-18(16)23(17)19(24)21-14-4-3-8-20-11-14/h3-6,8,10-11,16,18H,7,9,12H2,1-2H3,(H,21,24)/t16-,18+/m1/s1. The number of benzene rings is 1. The summed E-state index contributed by atoms with van der Waals surface area (Å²) in [6.07, 6.45) is 4.71. The molecule has 1 aromatic heterocycles. The number of fused-ring (bicyclic) bond motifs is 3. The minimum absolute atomic E-state index is 0.440. The smallest absolute Gasteiger partial charge is 0.178 e. The molecule has 0 spiro atoms. The maximum absolute atomic E-state index is 5.78. The van der Waals surface area contributed by atoms with Crippen LogP contribution in [0.3, 0.4) is 0 Å². The number of rotatable bonds is 1. The van der Waals surface area contributed by atoms with E-state index in [0.717, 1.165) is 30.3 Å². The lowest BCUT2D eigenvalue weighted by Crippen LogP contribution is -2.48. The van der Waals surface area contributed by atoms with Gasteiger partial charge in [0.05, 0.1) is 11.9 Å². The third-order valence-corrected chi connectivity index (χ3v) is 5.38. The predicted molar refractivity (Wildman–Crippen MR) is 103 cm³/mol. The third-order valence-electron chi connectivity index (χ3n) is 5.08. The Morgan fingerprint density at radius 2 is 2.21 bits per heavy atom. The molecular weight excluding hydrogens is 316 g/mol. The van der Waals surface area contributed by atoms with Crippen LogP contribution in [0.4, 0.5) is 11.4 Å². The Morgan fingerprint density at radius 1 is 1.33 bits per heavy atom. The quantitative estimate of drug-likeness (QED) is 0.806. The van der Waals surface area contributed by atoms with Gasteiger partial charge in [0, 0.05) is 30.4 Å². The van der Waals surface area contributed by atoms with Gasteiger partial charge in [-0.05, 0) is 62.9 Å². The van der Waals surface area contributed by atoms with Crippen molar-refractivity contribution in [2.75, 3.05) is 30.4 Å². The summed E-state index contributed by atoms with van der Waals surface area (Å²) < 4.78 is 0. The van der Waals surface area contributed by atoms with Crippen LogP contribution in [0, 0.1) is 6.92 Å². The second-order valence-electron chi connectivity index (χ2n) is 6.83. The molecule has 2 aliphatic rings. The van der Waals surface area contributed by atoms with Crippen molar-refractivity contribution in [3.63, 3.8) is 0 Å². The summed E-state index contributed by atoms with van der Waals surface area (Å²) >= 11 is 5.78. The van der Waals surface area contributed by atoms with Crippen LogP contribution in [0.1, 0.15) is 23.5 Å². The predicted octanol–water partition coefficient (Wildman–Crippen LogP) is 3.39. The maximum Gasteiger partial charge on any atom is 0.178 e. The number of nitrogens with one attached hydrogen (secondary N) is 1. The number of hydrogen-bond acceptors (Lipinski definition) is 3. The van der Waals surface area contributed by atoms with E-state index in [1.807, 2.05) is 18.3 Å². The molecule has 0 radical (unpaired) electrons. The molecule has 4 rings (SSSR count). The fourth-order valence-corrected chi connectivity index (χ4v) is 4.32. The normalized spacial score (nSPS) is 22.8. The van der Waals surface area contributed by atoms with Crippen LogP contribution in [0.15, 0.2) is 42.7 Å². The molecule has 1 aromatic carbocycles. The number of aryl methyl sites for hydroxylation is 1. The highest BCUT2D eigenvalue weighted by molar-refractivity contribution is 7.80. The summed E-state index contributed by atoms with van der Waals surface area (Å²) in [5, 5.41) is 4.13. The molecule has 1 saturated heterocycles. The monoisotopic (exact) mass is 338 g/mol. The van der Waals surface area contributed by atoms with Crippen molar-refractivity contribution in [3.05, 3.63) is 53.9 Å². The number of nitrogens with zero attached hydrogens (tertiary/aromatic N) is 3. The second-order valence-corrected chi connectivity index (χ2v) is 7.22. The molecule has 24 heavy (non-hydrogen) atoms. The number of piperidine rings is 1. The number of hydrogen-bond donors (Lipinski definition) is 1. The third kappa shape index (κ3) is 2.68. The lowest BCUT2D eigenvalue weighted by molar-refractivity contribution is 0.237. The number of thiocarbonyl (C=S) groups is 1. The lowest BCUT2D eigenvalue weighted by atomic mass is 9.89. The molecule has 0 bridgehead atoms. The van der Waals surface area contributed by atoms with E-state index in [1.165, 1.54) is 16.8 Å². The summed E-state index contributed by atoms with van der Waals surface area (Å²) in [6, 6.07) is 11.1. The summed E-state index contributed by atoms with van der Waals surface area (Å²) in [7, 11) is 2.21. The minimum Gasteiger partial charge on any atom is -0.331 e. The molecule has 5 heteroatoms. The molecule has 124 valence electrons. The zero-order valence-corrected chi connectivity index (χ0v) is 14.9. The summed E-state index contributed by atoms with van der Waals surface area (Å²) in [5.41, 5.74) is 4.94. The van der Waals surface area contributed by atoms with Gasteiger partial charge in [0.15, 0.2) is 5.11 Å². The lowest BCUT2D eigenvalue weighted by Gasteiger charge is -2.37. The highest BCUT2D eigenvalue weighted by Gasteiger charge is 2.42. The van der Waals surface area contributed by atoms with Crippen LogP contribution < -0.4 is 10.2 Å². The van der Waals surface area contributed by atoms with E-state index in [9.17, 15) is 0 Å². The van der Waals surface area contributed by atoms with E-state index in [1.54, 1.807) is 6.20 Å². The Bertz CT molecular complexity index is 761. The first-order valence-electron chi connectivity index (χ1n) is 8.43. The zero-order valence-electron chi connectivity index (χ0n) is 14.1.